The zero-order chi connectivity index (χ0) is 14.5. The fourth-order valence-corrected chi connectivity index (χ4v) is 2.47. The first-order valence-corrected chi connectivity index (χ1v) is 7.47. The molecule has 1 N–H and O–H groups in total. The van der Waals surface area contributed by atoms with E-state index in [2.05, 4.69) is 80.4 Å². The van der Waals surface area contributed by atoms with Crippen molar-refractivity contribution in [1.29, 1.82) is 0 Å². The van der Waals surface area contributed by atoms with E-state index in [0.717, 1.165) is 18.9 Å². The highest BCUT2D eigenvalue weighted by atomic mass is 14.9. The molecule has 108 valence electrons. The predicted octanol–water partition coefficient (Wildman–Crippen LogP) is 4.07. The van der Waals surface area contributed by atoms with Crippen molar-refractivity contribution in [3.63, 3.8) is 0 Å². The predicted molar refractivity (Wildman–Crippen MR) is 85.7 cm³/mol. The van der Waals surface area contributed by atoms with Gasteiger partial charge in [0.25, 0.3) is 0 Å². The third-order valence-corrected chi connectivity index (χ3v) is 3.63. The Bertz CT molecular complexity index is 523. The maximum atomic E-state index is 3.58. The molecule has 0 amide bonds. The van der Waals surface area contributed by atoms with E-state index in [1.165, 1.54) is 16.7 Å². The van der Waals surface area contributed by atoms with E-state index in [-0.39, 0.29) is 0 Å². The zero-order valence-electron chi connectivity index (χ0n) is 13.1. The highest BCUT2D eigenvalue weighted by Crippen LogP contribution is 2.16. The Balaban J connectivity index is 1.90. The molecule has 0 saturated carbocycles. The van der Waals surface area contributed by atoms with Crippen molar-refractivity contribution in [2.75, 3.05) is 0 Å². The summed E-state index contributed by atoms with van der Waals surface area (Å²) in [6.07, 6.45) is 5.40. The van der Waals surface area contributed by atoms with Gasteiger partial charge in [-0.15, -0.1) is 0 Å². The molecule has 0 aliphatic heterocycles. The number of nitrogens with zero attached hydrogens (tertiary/aromatic N) is 1. The molecule has 0 radical (unpaired) electrons. The molecule has 1 atom stereocenters. The lowest BCUT2D eigenvalue weighted by molar-refractivity contribution is 0.574. The summed E-state index contributed by atoms with van der Waals surface area (Å²) in [6, 6.07) is 11.6. The minimum Gasteiger partial charge on any atom is -0.357 e. The van der Waals surface area contributed by atoms with E-state index < -0.39 is 0 Å². The van der Waals surface area contributed by atoms with E-state index in [0.29, 0.717) is 6.04 Å². The molecule has 0 saturated heterocycles. The third kappa shape index (κ3) is 4.24. The van der Waals surface area contributed by atoms with Crippen LogP contribution in [-0.2, 0) is 20.0 Å². The first-order valence-electron chi connectivity index (χ1n) is 7.47. The van der Waals surface area contributed by atoms with Gasteiger partial charge in [-0.2, -0.15) is 0 Å². The van der Waals surface area contributed by atoms with E-state index in [4.69, 9.17) is 0 Å². The van der Waals surface area contributed by atoms with Gasteiger partial charge in [0, 0.05) is 32.0 Å². The Kier molecular flexibility index (Phi) is 5.02. The van der Waals surface area contributed by atoms with E-state index in [9.17, 15) is 0 Å². The topological polar surface area (TPSA) is 17.0 Å². The van der Waals surface area contributed by atoms with Crippen molar-refractivity contribution in [1.82, 2.24) is 9.88 Å². The van der Waals surface area contributed by atoms with Gasteiger partial charge in [0.2, 0.25) is 0 Å². The van der Waals surface area contributed by atoms with Gasteiger partial charge in [0.15, 0.2) is 0 Å². The average molecular weight is 270 g/mol. The van der Waals surface area contributed by atoms with Crippen molar-refractivity contribution in [3.8, 4) is 0 Å². The van der Waals surface area contributed by atoms with Crippen LogP contribution in [0.4, 0.5) is 0 Å². The lowest BCUT2D eigenvalue weighted by Gasteiger charge is -2.14. The minimum atomic E-state index is 0.378. The summed E-state index contributed by atoms with van der Waals surface area (Å²) in [4.78, 5) is 0. The Labute approximate surface area is 122 Å². The van der Waals surface area contributed by atoms with Crippen molar-refractivity contribution in [2.24, 2.45) is 13.0 Å². The summed E-state index contributed by atoms with van der Waals surface area (Å²) in [6.45, 7) is 7.66. The normalized spacial score (nSPS) is 12.8. The molecule has 0 aliphatic rings. The summed E-state index contributed by atoms with van der Waals surface area (Å²) in [7, 11) is 2.06. The number of benzene rings is 1. The second-order valence-corrected chi connectivity index (χ2v) is 6.13. The molecule has 1 aromatic carbocycles. The van der Waals surface area contributed by atoms with Crippen molar-refractivity contribution in [2.45, 2.75) is 39.8 Å². The van der Waals surface area contributed by atoms with Gasteiger partial charge in [-0.25, -0.2) is 0 Å². The molecule has 1 unspecified atom stereocenters. The number of rotatable bonds is 6. The third-order valence-electron chi connectivity index (χ3n) is 3.63. The maximum absolute atomic E-state index is 3.58. The van der Waals surface area contributed by atoms with Gasteiger partial charge in [0.1, 0.15) is 0 Å². The monoisotopic (exact) mass is 270 g/mol. The number of nitrogens with one attached hydrogen (secondary N) is 1. The summed E-state index contributed by atoms with van der Waals surface area (Å²) in [5.41, 5.74) is 4.11. The molecular formula is C18H26N2. The van der Waals surface area contributed by atoms with Gasteiger partial charge >= 0.3 is 0 Å². The van der Waals surface area contributed by atoms with Crippen LogP contribution in [-0.4, -0.2) is 4.57 Å². The Morgan fingerprint density at radius 3 is 2.25 bits per heavy atom. The molecule has 0 spiro atoms. The number of hydrogen-bond donors (Lipinski definition) is 1. The SMILES string of the molecule is CC(C)Cc1ccc(C(C)NCc2ccn(C)c2)cc1. The van der Waals surface area contributed by atoms with Gasteiger partial charge in [0.05, 0.1) is 0 Å². The van der Waals surface area contributed by atoms with Crippen LogP contribution in [0.15, 0.2) is 42.7 Å². The van der Waals surface area contributed by atoms with E-state index in [1.54, 1.807) is 0 Å². The fourth-order valence-electron chi connectivity index (χ4n) is 2.47. The van der Waals surface area contributed by atoms with Crippen LogP contribution in [0.25, 0.3) is 0 Å². The second-order valence-electron chi connectivity index (χ2n) is 6.13. The van der Waals surface area contributed by atoms with E-state index >= 15 is 0 Å². The summed E-state index contributed by atoms with van der Waals surface area (Å²) in [5, 5.41) is 3.58. The molecule has 0 bridgehead atoms. The highest BCUT2D eigenvalue weighted by Gasteiger charge is 2.06. The van der Waals surface area contributed by atoms with Crippen LogP contribution in [0.2, 0.25) is 0 Å². The largest absolute Gasteiger partial charge is 0.357 e. The second kappa shape index (κ2) is 6.76. The molecule has 2 nitrogen and oxygen atoms in total. The van der Waals surface area contributed by atoms with Crippen LogP contribution in [0.5, 0.6) is 0 Å². The fraction of sp³-hybridized carbons (Fsp3) is 0.444. The van der Waals surface area contributed by atoms with Gasteiger partial charge in [-0.05, 0) is 42.0 Å². The molecule has 0 aliphatic carbocycles. The Hall–Kier alpha value is -1.54. The van der Waals surface area contributed by atoms with Crippen LogP contribution in [0, 0.1) is 5.92 Å². The first-order chi connectivity index (χ1) is 9.54. The molecule has 1 aromatic heterocycles. The van der Waals surface area contributed by atoms with Gasteiger partial charge in [-0.3, -0.25) is 0 Å². The molecule has 2 heteroatoms. The molecule has 1 heterocycles. The molecule has 2 rings (SSSR count). The average Bonchev–Trinajstić information content (AvgIpc) is 2.82. The number of aromatic nitrogens is 1. The Morgan fingerprint density at radius 1 is 1.00 bits per heavy atom. The summed E-state index contributed by atoms with van der Waals surface area (Å²) < 4.78 is 2.09. The molecule has 0 fully saturated rings. The standard InChI is InChI=1S/C18H26N2/c1-14(2)11-16-5-7-18(8-6-16)15(3)19-12-17-9-10-20(4)13-17/h5-10,13-15,19H,11-12H2,1-4H3. The molecular weight excluding hydrogens is 244 g/mol. The van der Waals surface area contributed by atoms with Crippen LogP contribution < -0.4 is 5.32 Å². The molecule has 2 aromatic rings. The summed E-state index contributed by atoms with van der Waals surface area (Å²) in [5.74, 6) is 0.717. The van der Waals surface area contributed by atoms with Crippen LogP contribution in [0.1, 0.15) is 43.5 Å². The highest BCUT2D eigenvalue weighted by molar-refractivity contribution is 5.25. The Morgan fingerprint density at radius 2 is 1.70 bits per heavy atom. The smallest absolute Gasteiger partial charge is 0.0294 e. The van der Waals surface area contributed by atoms with E-state index in [1.807, 2.05) is 0 Å². The quantitative estimate of drug-likeness (QED) is 0.837. The van der Waals surface area contributed by atoms with Gasteiger partial charge in [-0.1, -0.05) is 38.1 Å². The van der Waals surface area contributed by atoms with Crippen molar-refractivity contribution < 1.29 is 0 Å². The van der Waals surface area contributed by atoms with Crippen LogP contribution >= 0.6 is 0 Å². The maximum Gasteiger partial charge on any atom is 0.0294 e. The minimum absolute atomic E-state index is 0.378. The number of aryl methyl sites for hydroxylation is 1. The van der Waals surface area contributed by atoms with Crippen molar-refractivity contribution >= 4 is 0 Å². The van der Waals surface area contributed by atoms with Crippen LogP contribution in [0.3, 0.4) is 0 Å². The molecule has 20 heavy (non-hydrogen) atoms. The number of hydrogen-bond acceptors (Lipinski definition) is 1. The van der Waals surface area contributed by atoms with Crippen molar-refractivity contribution in [3.05, 3.63) is 59.4 Å². The summed E-state index contributed by atoms with van der Waals surface area (Å²) >= 11 is 0. The first kappa shape index (κ1) is 14.9. The lowest BCUT2D eigenvalue weighted by atomic mass is 10.00. The lowest BCUT2D eigenvalue weighted by Crippen LogP contribution is -2.17. The van der Waals surface area contributed by atoms with Gasteiger partial charge < -0.3 is 9.88 Å². The zero-order valence-corrected chi connectivity index (χ0v) is 13.1.